The molecule has 0 saturated carbocycles. The molecule has 1 amide bonds. The van der Waals surface area contributed by atoms with E-state index in [9.17, 15) is 4.79 Å². The van der Waals surface area contributed by atoms with Gasteiger partial charge < -0.3 is 4.90 Å². The molecule has 16 heavy (non-hydrogen) atoms. The van der Waals surface area contributed by atoms with Crippen LogP contribution in [-0.2, 0) is 4.79 Å². The molecule has 0 aliphatic carbocycles. The topological polar surface area (TPSA) is 32.3 Å². The van der Waals surface area contributed by atoms with Gasteiger partial charge in [0.2, 0.25) is 5.91 Å². The van der Waals surface area contributed by atoms with Crippen LogP contribution in [0.4, 0.5) is 0 Å². The Morgan fingerprint density at radius 1 is 1.50 bits per heavy atom. The molecule has 2 unspecified atom stereocenters. The number of hydrogen-bond donors (Lipinski definition) is 1. The van der Waals surface area contributed by atoms with Gasteiger partial charge in [-0.05, 0) is 24.7 Å². The number of amides is 1. The first kappa shape index (κ1) is 13.5. The summed E-state index contributed by atoms with van der Waals surface area (Å²) in [6, 6.07) is 0. The van der Waals surface area contributed by atoms with Gasteiger partial charge in [0, 0.05) is 6.54 Å². The fourth-order valence-electron chi connectivity index (χ4n) is 1.79. The molecule has 1 N–H and O–H groups in total. The Balaban J connectivity index is 2.63. The molecule has 0 spiro atoms. The van der Waals surface area contributed by atoms with E-state index in [2.05, 4.69) is 39.9 Å². The number of rotatable bonds is 3. The first-order valence-corrected chi connectivity index (χ1v) is 6.25. The zero-order chi connectivity index (χ0) is 12.6. The van der Waals surface area contributed by atoms with Crippen molar-refractivity contribution in [1.29, 1.82) is 0 Å². The predicted molar refractivity (Wildman–Crippen MR) is 67.0 cm³/mol. The molecular weight excluding hydrogens is 200 g/mol. The summed E-state index contributed by atoms with van der Waals surface area (Å²) in [7, 11) is 0. The van der Waals surface area contributed by atoms with Crippen LogP contribution >= 0.6 is 0 Å². The summed E-state index contributed by atoms with van der Waals surface area (Å²) in [5.41, 5.74) is -0.0803. The molecule has 94 valence electrons. The molecule has 0 bridgehead atoms. The van der Waals surface area contributed by atoms with Crippen LogP contribution in [0.3, 0.4) is 0 Å². The molecule has 0 radical (unpaired) electrons. The summed E-state index contributed by atoms with van der Waals surface area (Å²) in [6.45, 7) is 14.5. The maximum atomic E-state index is 12.2. The Bertz CT molecular complexity index is 270. The molecule has 1 aliphatic rings. The van der Waals surface area contributed by atoms with E-state index < -0.39 is 0 Å². The van der Waals surface area contributed by atoms with E-state index in [1.807, 2.05) is 11.8 Å². The highest BCUT2D eigenvalue weighted by atomic mass is 16.2. The van der Waals surface area contributed by atoms with Crippen LogP contribution in [0.2, 0.25) is 0 Å². The summed E-state index contributed by atoms with van der Waals surface area (Å²) in [5.74, 6) is 0.767. The number of nitrogens with one attached hydrogen (secondary N) is 1. The normalized spacial score (nSPS) is 28.6. The minimum absolute atomic E-state index is 0.255. The van der Waals surface area contributed by atoms with Crippen molar-refractivity contribution in [2.45, 2.75) is 53.5 Å². The van der Waals surface area contributed by atoms with Gasteiger partial charge in [0.05, 0.1) is 12.2 Å². The highest BCUT2D eigenvalue weighted by Crippen LogP contribution is 2.28. The molecule has 0 aromatic rings. The molecule has 1 heterocycles. The van der Waals surface area contributed by atoms with Gasteiger partial charge >= 0.3 is 0 Å². The Kier molecular flexibility index (Phi) is 3.68. The second-order valence-electron chi connectivity index (χ2n) is 6.32. The quantitative estimate of drug-likeness (QED) is 0.800. The summed E-state index contributed by atoms with van der Waals surface area (Å²) in [5, 5.41) is 3.32. The third-order valence-corrected chi connectivity index (χ3v) is 4.10. The molecule has 1 saturated heterocycles. The highest BCUT2D eigenvalue weighted by molar-refractivity contribution is 5.87. The Hall–Kier alpha value is -0.570. The lowest BCUT2D eigenvalue weighted by Crippen LogP contribution is -2.44. The van der Waals surface area contributed by atoms with E-state index in [1.165, 1.54) is 0 Å². The van der Waals surface area contributed by atoms with E-state index in [-0.39, 0.29) is 16.9 Å². The Morgan fingerprint density at radius 2 is 2.06 bits per heavy atom. The fraction of sp³-hybridized carbons (Fsp3) is 0.923. The van der Waals surface area contributed by atoms with Gasteiger partial charge in [0.15, 0.2) is 0 Å². The van der Waals surface area contributed by atoms with Crippen molar-refractivity contribution in [3.05, 3.63) is 0 Å². The Labute approximate surface area is 99.6 Å². The maximum Gasteiger partial charge on any atom is 0.243 e. The van der Waals surface area contributed by atoms with Crippen molar-refractivity contribution in [3.8, 4) is 0 Å². The van der Waals surface area contributed by atoms with Gasteiger partial charge in [-0.2, -0.15) is 0 Å². The van der Waals surface area contributed by atoms with Crippen molar-refractivity contribution in [1.82, 2.24) is 10.2 Å². The van der Waals surface area contributed by atoms with Crippen LogP contribution in [0.5, 0.6) is 0 Å². The van der Waals surface area contributed by atoms with Gasteiger partial charge in [-0.25, -0.2) is 0 Å². The van der Waals surface area contributed by atoms with Crippen LogP contribution in [0.15, 0.2) is 0 Å². The van der Waals surface area contributed by atoms with E-state index in [1.54, 1.807) is 0 Å². The second kappa shape index (κ2) is 4.36. The van der Waals surface area contributed by atoms with Crippen LogP contribution in [0, 0.1) is 11.3 Å². The summed E-state index contributed by atoms with van der Waals surface area (Å²) < 4.78 is 0. The minimum atomic E-state index is -0.336. The minimum Gasteiger partial charge on any atom is -0.328 e. The average Bonchev–Trinajstić information content (AvgIpc) is 2.46. The molecule has 1 rings (SSSR count). The van der Waals surface area contributed by atoms with E-state index >= 15 is 0 Å². The fourth-order valence-corrected chi connectivity index (χ4v) is 1.79. The molecule has 3 nitrogen and oxygen atoms in total. The third-order valence-electron chi connectivity index (χ3n) is 4.10. The van der Waals surface area contributed by atoms with Gasteiger partial charge in [0.1, 0.15) is 0 Å². The number of hydrogen-bond acceptors (Lipinski definition) is 2. The molecule has 0 aromatic heterocycles. The van der Waals surface area contributed by atoms with Gasteiger partial charge in [-0.1, -0.05) is 34.6 Å². The van der Waals surface area contributed by atoms with Crippen molar-refractivity contribution in [2.24, 2.45) is 11.3 Å². The smallest absolute Gasteiger partial charge is 0.243 e. The van der Waals surface area contributed by atoms with Crippen LogP contribution < -0.4 is 5.32 Å². The predicted octanol–water partition coefficient (Wildman–Crippen LogP) is 2.23. The third kappa shape index (κ3) is 2.57. The number of carbonyl (C=O) groups is 1. The summed E-state index contributed by atoms with van der Waals surface area (Å²) >= 11 is 0. The van der Waals surface area contributed by atoms with E-state index in [4.69, 9.17) is 0 Å². The van der Waals surface area contributed by atoms with Crippen molar-refractivity contribution < 1.29 is 4.79 Å². The molecular formula is C13H26N2O. The maximum absolute atomic E-state index is 12.2. The molecule has 0 aromatic carbocycles. The first-order chi connectivity index (χ1) is 7.20. The number of nitrogens with zero attached hydrogens (tertiary/aromatic N) is 1. The van der Waals surface area contributed by atoms with Crippen LogP contribution in [-0.4, -0.2) is 29.6 Å². The SMILES string of the molecule is CCC1(C)NCN(CC(C)C(C)(C)C)C1=O. The van der Waals surface area contributed by atoms with Crippen molar-refractivity contribution >= 4 is 5.91 Å². The van der Waals surface area contributed by atoms with E-state index in [0.29, 0.717) is 12.6 Å². The van der Waals surface area contributed by atoms with Gasteiger partial charge in [0.25, 0.3) is 0 Å². The standard InChI is InChI=1S/C13H26N2O/c1-7-13(6)11(16)15(9-14-13)8-10(2)12(3,4)5/h10,14H,7-9H2,1-6H3. The largest absolute Gasteiger partial charge is 0.328 e. The summed E-state index contributed by atoms with van der Waals surface area (Å²) in [4.78, 5) is 14.1. The molecule has 2 atom stereocenters. The highest BCUT2D eigenvalue weighted by Gasteiger charge is 2.41. The molecule has 1 fully saturated rings. The monoisotopic (exact) mass is 226 g/mol. The van der Waals surface area contributed by atoms with Crippen LogP contribution in [0.1, 0.15) is 48.0 Å². The lowest BCUT2D eigenvalue weighted by Gasteiger charge is -2.31. The Morgan fingerprint density at radius 3 is 2.44 bits per heavy atom. The van der Waals surface area contributed by atoms with E-state index in [0.717, 1.165) is 13.0 Å². The molecule has 3 heteroatoms. The van der Waals surface area contributed by atoms with Gasteiger partial charge in [-0.3, -0.25) is 10.1 Å². The first-order valence-electron chi connectivity index (χ1n) is 6.25. The molecule has 1 aliphatic heterocycles. The number of carbonyl (C=O) groups excluding carboxylic acids is 1. The lowest BCUT2D eigenvalue weighted by molar-refractivity contribution is -0.132. The van der Waals surface area contributed by atoms with Crippen molar-refractivity contribution in [2.75, 3.05) is 13.2 Å². The average molecular weight is 226 g/mol. The van der Waals surface area contributed by atoms with Crippen molar-refractivity contribution in [3.63, 3.8) is 0 Å². The second-order valence-corrected chi connectivity index (χ2v) is 6.32. The van der Waals surface area contributed by atoms with Crippen LogP contribution in [0.25, 0.3) is 0 Å². The zero-order valence-corrected chi connectivity index (χ0v) is 11.6. The lowest BCUT2D eigenvalue weighted by atomic mass is 9.82. The van der Waals surface area contributed by atoms with Gasteiger partial charge in [-0.15, -0.1) is 0 Å². The summed E-state index contributed by atoms with van der Waals surface area (Å²) in [6.07, 6.45) is 0.853. The zero-order valence-electron chi connectivity index (χ0n) is 11.6.